The lowest BCUT2D eigenvalue weighted by atomic mass is 10.1. The molecule has 0 unspecified atom stereocenters. The van der Waals surface area contributed by atoms with Crippen molar-refractivity contribution in [2.24, 2.45) is 0 Å². The van der Waals surface area contributed by atoms with Crippen LogP contribution in [0.15, 0.2) is 64.2 Å². The number of aromatic amines is 3. The first-order chi connectivity index (χ1) is 13.1. The summed E-state index contributed by atoms with van der Waals surface area (Å²) in [5.41, 5.74) is 1.14. The van der Waals surface area contributed by atoms with Gasteiger partial charge in [0.25, 0.3) is 5.56 Å². The zero-order chi connectivity index (χ0) is 18.8. The molecule has 0 aliphatic heterocycles. The van der Waals surface area contributed by atoms with Gasteiger partial charge in [-0.2, -0.15) is 0 Å². The first-order valence-corrected chi connectivity index (χ1v) is 8.55. The highest BCUT2D eigenvalue weighted by atomic mass is 32.1. The van der Waals surface area contributed by atoms with E-state index >= 15 is 0 Å². The largest absolute Gasteiger partial charge is 0.489 e. The zero-order valence-corrected chi connectivity index (χ0v) is 14.8. The van der Waals surface area contributed by atoms with Gasteiger partial charge in [0.1, 0.15) is 23.4 Å². The average molecular weight is 378 g/mol. The third-order valence-corrected chi connectivity index (χ3v) is 4.17. The van der Waals surface area contributed by atoms with Crippen LogP contribution in [0.3, 0.4) is 0 Å². The summed E-state index contributed by atoms with van der Waals surface area (Å²) in [5, 5.41) is 0.225. The standard InChI is InChI=1S/C19H14N4O3S/c24-17-14-15(20-19(27)22-16(14)21-18(25)23-17)12-7-4-8-13(9-12)26-10-11-5-2-1-3-6-11/h1-9H,10H2,(H3,20,21,22,23,24,25,27). The predicted octanol–water partition coefficient (Wildman–Crippen LogP) is 2.91. The van der Waals surface area contributed by atoms with Crippen molar-refractivity contribution in [1.82, 2.24) is 19.9 Å². The number of ether oxygens (including phenoxy) is 1. The van der Waals surface area contributed by atoms with Gasteiger partial charge in [-0.05, 0) is 29.9 Å². The predicted molar refractivity (Wildman–Crippen MR) is 104 cm³/mol. The van der Waals surface area contributed by atoms with Gasteiger partial charge in [-0.1, -0.05) is 42.5 Å². The van der Waals surface area contributed by atoms with Crippen molar-refractivity contribution in [3.05, 3.63) is 85.8 Å². The van der Waals surface area contributed by atoms with Gasteiger partial charge in [0, 0.05) is 5.56 Å². The molecule has 0 radical (unpaired) electrons. The van der Waals surface area contributed by atoms with Crippen LogP contribution in [0.25, 0.3) is 22.3 Å². The Labute approximate surface area is 157 Å². The molecule has 0 aliphatic rings. The summed E-state index contributed by atoms with van der Waals surface area (Å²) in [6.07, 6.45) is 0. The molecule has 0 spiro atoms. The summed E-state index contributed by atoms with van der Waals surface area (Å²) >= 11 is 5.13. The summed E-state index contributed by atoms with van der Waals surface area (Å²) < 4.78 is 6.00. The molecular weight excluding hydrogens is 364 g/mol. The maximum absolute atomic E-state index is 12.3. The fourth-order valence-corrected chi connectivity index (χ4v) is 2.97. The maximum Gasteiger partial charge on any atom is 0.327 e. The van der Waals surface area contributed by atoms with E-state index in [-0.39, 0.29) is 15.8 Å². The molecule has 0 aliphatic carbocycles. The van der Waals surface area contributed by atoms with Crippen molar-refractivity contribution in [2.45, 2.75) is 6.61 Å². The molecule has 4 rings (SSSR count). The Bertz CT molecular complexity index is 1290. The Balaban J connectivity index is 1.77. The van der Waals surface area contributed by atoms with E-state index in [1.54, 1.807) is 12.1 Å². The maximum atomic E-state index is 12.3. The van der Waals surface area contributed by atoms with Gasteiger partial charge in [0.2, 0.25) is 0 Å². The second-order valence-electron chi connectivity index (χ2n) is 5.85. The van der Waals surface area contributed by atoms with Crippen molar-refractivity contribution in [3.63, 3.8) is 0 Å². The number of nitrogens with zero attached hydrogens (tertiary/aromatic N) is 1. The number of rotatable bonds is 4. The van der Waals surface area contributed by atoms with Gasteiger partial charge < -0.3 is 9.72 Å². The Kier molecular flexibility index (Phi) is 4.39. The highest BCUT2D eigenvalue weighted by Crippen LogP contribution is 2.26. The molecule has 2 aromatic heterocycles. The van der Waals surface area contributed by atoms with Gasteiger partial charge in [0.05, 0.1) is 5.69 Å². The molecule has 27 heavy (non-hydrogen) atoms. The van der Waals surface area contributed by atoms with E-state index in [1.807, 2.05) is 42.5 Å². The van der Waals surface area contributed by atoms with Crippen LogP contribution in [0.1, 0.15) is 5.56 Å². The fourth-order valence-electron chi connectivity index (χ4n) is 2.78. The number of hydrogen-bond donors (Lipinski definition) is 3. The molecule has 2 aromatic carbocycles. The quantitative estimate of drug-likeness (QED) is 0.474. The van der Waals surface area contributed by atoms with Crippen LogP contribution in [0.2, 0.25) is 0 Å². The topological polar surface area (TPSA) is 104 Å². The van der Waals surface area contributed by atoms with Gasteiger partial charge >= 0.3 is 5.69 Å². The van der Waals surface area contributed by atoms with E-state index in [9.17, 15) is 9.59 Å². The molecule has 3 N–H and O–H groups in total. The Hall–Kier alpha value is -3.52. The molecule has 0 saturated heterocycles. The van der Waals surface area contributed by atoms with Crippen molar-refractivity contribution in [1.29, 1.82) is 0 Å². The van der Waals surface area contributed by atoms with Gasteiger partial charge in [-0.25, -0.2) is 9.78 Å². The van der Waals surface area contributed by atoms with E-state index in [0.717, 1.165) is 5.56 Å². The van der Waals surface area contributed by atoms with E-state index < -0.39 is 11.2 Å². The summed E-state index contributed by atoms with van der Waals surface area (Å²) in [5.74, 6) is 0.630. The number of benzene rings is 2. The van der Waals surface area contributed by atoms with E-state index in [4.69, 9.17) is 17.0 Å². The molecule has 7 nitrogen and oxygen atoms in total. The van der Waals surface area contributed by atoms with E-state index in [1.165, 1.54) is 0 Å². The smallest absolute Gasteiger partial charge is 0.327 e. The Morgan fingerprint density at radius 2 is 1.78 bits per heavy atom. The SMILES string of the molecule is O=c1[nH]c(=O)c2c(-c3cccc(OCc4ccccc4)c3)nc(=S)[nH]c2[nH]1. The van der Waals surface area contributed by atoms with Gasteiger partial charge in [0.15, 0.2) is 4.77 Å². The van der Waals surface area contributed by atoms with Crippen LogP contribution in [0.4, 0.5) is 0 Å². The Morgan fingerprint density at radius 3 is 2.59 bits per heavy atom. The summed E-state index contributed by atoms with van der Waals surface area (Å²) in [6.45, 7) is 0.418. The molecule has 134 valence electrons. The minimum Gasteiger partial charge on any atom is -0.489 e. The average Bonchev–Trinajstić information content (AvgIpc) is 2.66. The van der Waals surface area contributed by atoms with Crippen LogP contribution >= 0.6 is 12.2 Å². The summed E-state index contributed by atoms with van der Waals surface area (Å²) in [6, 6.07) is 17.0. The molecule has 0 saturated carbocycles. The van der Waals surface area contributed by atoms with Crippen LogP contribution in [-0.4, -0.2) is 19.9 Å². The first-order valence-electron chi connectivity index (χ1n) is 8.14. The van der Waals surface area contributed by atoms with E-state index in [0.29, 0.717) is 23.6 Å². The lowest BCUT2D eigenvalue weighted by Gasteiger charge is -2.09. The number of aromatic nitrogens is 4. The van der Waals surface area contributed by atoms with Crippen LogP contribution in [-0.2, 0) is 6.61 Å². The lowest BCUT2D eigenvalue weighted by Crippen LogP contribution is -2.23. The zero-order valence-electron chi connectivity index (χ0n) is 14.0. The van der Waals surface area contributed by atoms with Gasteiger partial charge in [-0.15, -0.1) is 0 Å². The molecule has 0 amide bonds. The van der Waals surface area contributed by atoms with Crippen LogP contribution in [0, 0.1) is 4.77 Å². The summed E-state index contributed by atoms with van der Waals surface area (Å²) in [7, 11) is 0. The normalized spacial score (nSPS) is 10.8. The van der Waals surface area contributed by atoms with Crippen molar-refractivity contribution >= 4 is 23.3 Å². The third-order valence-electron chi connectivity index (χ3n) is 3.98. The van der Waals surface area contributed by atoms with Crippen molar-refractivity contribution < 1.29 is 4.74 Å². The van der Waals surface area contributed by atoms with Crippen LogP contribution in [0.5, 0.6) is 5.75 Å². The van der Waals surface area contributed by atoms with Crippen molar-refractivity contribution in [3.8, 4) is 17.0 Å². The number of H-pyrrole nitrogens is 3. The first kappa shape index (κ1) is 16.9. The van der Waals surface area contributed by atoms with Gasteiger partial charge in [-0.3, -0.25) is 14.8 Å². The van der Waals surface area contributed by atoms with E-state index in [2.05, 4.69) is 19.9 Å². The molecule has 4 aromatic rings. The minimum absolute atomic E-state index is 0.161. The van der Waals surface area contributed by atoms with Crippen LogP contribution < -0.4 is 16.0 Å². The lowest BCUT2D eigenvalue weighted by molar-refractivity contribution is 0.306. The number of hydrogen-bond acceptors (Lipinski definition) is 5. The highest BCUT2D eigenvalue weighted by Gasteiger charge is 2.12. The second kappa shape index (κ2) is 7.00. The Morgan fingerprint density at radius 1 is 0.963 bits per heavy atom. The highest BCUT2D eigenvalue weighted by molar-refractivity contribution is 7.71. The van der Waals surface area contributed by atoms with Crippen molar-refractivity contribution in [2.75, 3.05) is 0 Å². The molecule has 0 atom stereocenters. The molecule has 2 heterocycles. The fraction of sp³-hybridized carbons (Fsp3) is 0.0526. The molecule has 0 bridgehead atoms. The summed E-state index contributed by atoms with van der Waals surface area (Å²) in [4.78, 5) is 35.6. The minimum atomic E-state index is -0.616. The molecular formula is C19H14N4O3S. The number of fused-ring (bicyclic) bond motifs is 1. The number of nitrogens with one attached hydrogen (secondary N) is 3. The molecule has 0 fully saturated rings. The second-order valence-corrected chi connectivity index (χ2v) is 6.24. The third kappa shape index (κ3) is 3.56. The molecule has 8 heteroatoms. The monoisotopic (exact) mass is 378 g/mol.